The van der Waals surface area contributed by atoms with E-state index >= 15 is 0 Å². The number of methoxy groups -OCH3 is 1. The Kier molecular flexibility index (Phi) is 6.53. The van der Waals surface area contributed by atoms with E-state index in [1.165, 1.54) is 11.6 Å². The van der Waals surface area contributed by atoms with Gasteiger partial charge in [0.25, 0.3) is 10.0 Å². The number of benzene rings is 2. The van der Waals surface area contributed by atoms with Crippen molar-refractivity contribution in [2.45, 2.75) is 37.1 Å². The van der Waals surface area contributed by atoms with Gasteiger partial charge in [-0.1, -0.05) is 24.3 Å². The van der Waals surface area contributed by atoms with Gasteiger partial charge in [-0.05, 0) is 49.6 Å². The lowest BCUT2D eigenvalue weighted by molar-refractivity contribution is -0.121. The molecule has 0 bridgehead atoms. The number of hydrogen-bond donors (Lipinski definition) is 2. The fraction of sp³-hybridized carbons (Fsp3) is 0.333. The Morgan fingerprint density at radius 2 is 1.90 bits per heavy atom. The molecular weight excluding hydrogens is 390 g/mol. The minimum absolute atomic E-state index is 0.0305. The first kappa shape index (κ1) is 20.9. The number of aryl methyl sites for hydroxylation is 1. The molecule has 1 aliphatic heterocycles. The van der Waals surface area contributed by atoms with Gasteiger partial charge in [-0.3, -0.25) is 14.5 Å². The number of carbonyl (C=O) groups is 1. The molecule has 3 rings (SSSR count). The van der Waals surface area contributed by atoms with Crippen molar-refractivity contribution < 1.29 is 17.9 Å². The summed E-state index contributed by atoms with van der Waals surface area (Å²) >= 11 is 0. The van der Waals surface area contributed by atoms with Gasteiger partial charge in [-0.15, -0.1) is 0 Å². The molecule has 1 aliphatic rings. The van der Waals surface area contributed by atoms with Crippen molar-refractivity contribution in [1.29, 1.82) is 0 Å². The Hall–Kier alpha value is -2.87. The van der Waals surface area contributed by atoms with Gasteiger partial charge in [-0.2, -0.15) is 0 Å². The molecule has 0 saturated carbocycles. The fourth-order valence-electron chi connectivity index (χ4n) is 3.12. The predicted molar refractivity (Wildman–Crippen MR) is 112 cm³/mol. The number of rotatable bonds is 8. The molecule has 0 saturated heterocycles. The lowest BCUT2D eigenvalue weighted by Gasteiger charge is -2.13. The van der Waals surface area contributed by atoms with Crippen LogP contribution in [-0.2, 0) is 21.2 Å². The number of sulfonamides is 1. The molecule has 1 heterocycles. The summed E-state index contributed by atoms with van der Waals surface area (Å²) in [5.41, 5.74) is 1.73. The normalized spacial score (nSPS) is 16.7. The highest BCUT2D eigenvalue weighted by Crippen LogP contribution is 2.22. The van der Waals surface area contributed by atoms with Crippen LogP contribution in [0.2, 0.25) is 0 Å². The van der Waals surface area contributed by atoms with E-state index in [-0.39, 0.29) is 29.8 Å². The van der Waals surface area contributed by atoms with Gasteiger partial charge in [-0.25, -0.2) is 8.42 Å². The zero-order valence-electron chi connectivity index (χ0n) is 16.5. The number of carbonyl (C=O) groups excluding carboxylic acids is 1. The predicted octanol–water partition coefficient (Wildman–Crippen LogP) is 2.26. The molecule has 0 radical (unpaired) electrons. The Labute approximate surface area is 171 Å². The molecule has 2 N–H and O–H groups in total. The highest BCUT2D eigenvalue weighted by atomic mass is 32.2. The van der Waals surface area contributed by atoms with Gasteiger partial charge in [0, 0.05) is 18.0 Å². The van der Waals surface area contributed by atoms with Crippen molar-refractivity contribution in [3.63, 3.8) is 0 Å². The van der Waals surface area contributed by atoms with Crippen LogP contribution in [0, 0.1) is 0 Å². The minimum Gasteiger partial charge on any atom is -0.497 e. The average Bonchev–Trinajstić information content (AvgIpc) is 2.97. The molecule has 154 valence electrons. The molecule has 1 unspecified atom stereocenters. The van der Waals surface area contributed by atoms with E-state index in [2.05, 4.69) is 15.0 Å². The van der Waals surface area contributed by atoms with Crippen LogP contribution in [0.15, 0.2) is 58.4 Å². The quantitative estimate of drug-likeness (QED) is 0.691. The molecular formula is C21H25N3O4S. The van der Waals surface area contributed by atoms with Crippen LogP contribution in [0.4, 0.5) is 0 Å². The molecule has 2 aromatic rings. The average molecular weight is 416 g/mol. The Balaban J connectivity index is 1.46. The van der Waals surface area contributed by atoms with Crippen molar-refractivity contribution in [1.82, 2.24) is 10.0 Å². The van der Waals surface area contributed by atoms with Crippen LogP contribution < -0.4 is 14.8 Å². The van der Waals surface area contributed by atoms with E-state index in [0.717, 1.165) is 18.6 Å². The number of hydrogen-bond acceptors (Lipinski definition) is 5. The number of amidine groups is 1. The summed E-state index contributed by atoms with van der Waals surface area (Å²) in [6.07, 6.45) is 1.87. The number of ether oxygens (including phenoxy) is 1. The first-order chi connectivity index (χ1) is 13.9. The lowest BCUT2D eigenvalue weighted by Crippen LogP contribution is -2.33. The summed E-state index contributed by atoms with van der Waals surface area (Å²) in [6, 6.07) is 14.6. The van der Waals surface area contributed by atoms with Crippen LogP contribution >= 0.6 is 0 Å². The number of aliphatic imine (C=N–C) groups is 1. The van der Waals surface area contributed by atoms with Crippen molar-refractivity contribution in [3.05, 3.63) is 59.7 Å². The Morgan fingerprint density at radius 3 is 2.62 bits per heavy atom. The van der Waals surface area contributed by atoms with E-state index < -0.39 is 10.0 Å². The summed E-state index contributed by atoms with van der Waals surface area (Å²) in [5, 5.41) is 2.96. The summed E-state index contributed by atoms with van der Waals surface area (Å²) in [7, 11) is -1.92. The largest absolute Gasteiger partial charge is 0.497 e. The van der Waals surface area contributed by atoms with Crippen molar-refractivity contribution in [3.8, 4) is 5.75 Å². The van der Waals surface area contributed by atoms with E-state index in [1.54, 1.807) is 25.3 Å². The summed E-state index contributed by atoms with van der Waals surface area (Å²) in [4.78, 5) is 16.6. The van der Waals surface area contributed by atoms with E-state index in [0.29, 0.717) is 11.4 Å². The first-order valence-electron chi connectivity index (χ1n) is 9.48. The second-order valence-corrected chi connectivity index (χ2v) is 8.59. The zero-order chi connectivity index (χ0) is 20.9. The second-order valence-electron chi connectivity index (χ2n) is 6.94. The maximum Gasteiger partial charge on any atom is 0.263 e. The van der Waals surface area contributed by atoms with Gasteiger partial charge in [0.15, 0.2) is 0 Å². The van der Waals surface area contributed by atoms with E-state index in [4.69, 9.17) is 4.74 Å². The summed E-state index contributed by atoms with van der Waals surface area (Å²) < 4.78 is 31.7. The van der Waals surface area contributed by atoms with Crippen LogP contribution in [0.1, 0.15) is 30.9 Å². The van der Waals surface area contributed by atoms with Crippen LogP contribution in [0.5, 0.6) is 5.75 Å². The molecule has 1 atom stereocenters. The highest BCUT2D eigenvalue weighted by molar-refractivity contribution is 7.90. The maximum atomic E-state index is 12.2. The van der Waals surface area contributed by atoms with Gasteiger partial charge >= 0.3 is 0 Å². The minimum atomic E-state index is -3.55. The smallest absolute Gasteiger partial charge is 0.263 e. The molecule has 0 aliphatic carbocycles. The Bertz CT molecular complexity index is 1000. The molecule has 8 heteroatoms. The van der Waals surface area contributed by atoms with Gasteiger partial charge in [0.05, 0.1) is 18.6 Å². The molecule has 7 nitrogen and oxygen atoms in total. The van der Waals surface area contributed by atoms with Crippen molar-refractivity contribution in [2.75, 3.05) is 13.7 Å². The maximum absolute atomic E-state index is 12.2. The van der Waals surface area contributed by atoms with Crippen molar-refractivity contribution >= 4 is 21.8 Å². The second kappa shape index (κ2) is 9.09. The topological polar surface area (TPSA) is 96.9 Å². The highest BCUT2D eigenvalue weighted by Gasteiger charge is 2.29. The SMILES string of the molecule is COc1ccc(CCC(C)NC(=O)CCN=C2NS(=O)(=O)c3ccccc32)cc1. The summed E-state index contributed by atoms with van der Waals surface area (Å²) in [5.74, 6) is 1.01. The third kappa shape index (κ3) is 5.35. The monoisotopic (exact) mass is 415 g/mol. The first-order valence-corrected chi connectivity index (χ1v) is 11.0. The third-order valence-corrected chi connectivity index (χ3v) is 6.10. The molecule has 1 amide bonds. The molecule has 0 aromatic heterocycles. The van der Waals surface area contributed by atoms with E-state index in [9.17, 15) is 13.2 Å². The number of nitrogens with one attached hydrogen (secondary N) is 2. The molecule has 0 spiro atoms. The van der Waals surface area contributed by atoms with Crippen LogP contribution in [0.3, 0.4) is 0 Å². The summed E-state index contributed by atoms with van der Waals surface area (Å²) in [6.45, 7) is 2.18. The number of amides is 1. The van der Waals surface area contributed by atoms with E-state index in [1.807, 2.05) is 31.2 Å². The van der Waals surface area contributed by atoms with Crippen LogP contribution in [-0.4, -0.2) is 39.9 Å². The van der Waals surface area contributed by atoms with Gasteiger partial charge in [0.1, 0.15) is 11.6 Å². The Morgan fingerprint density at radius 1 is 1.17 bits per heavy atom. The molecule has 0 fully saturated rings. The third-order valence-electron chi connectivity index (χ3n) is 4.70. The fourth-order valence-corrected chi connectivity index (χ4v) is 4.37. The molecule has 2 aromatic carbocycles. The number of nitrogens with zero attached hydrogens (tertiary/aromatic N) is 1. The number of fused-ring (bicyclic) bond motifs is 1. The van der Waals surface area contributed by atoms with Crippen LogP contribution in [0.25, 0.3) is 0 Å². The molecule has 29 heavy (non-hydrogen) atoms. The van der Waals surface area contributed by atoms with Gasteiger partial charge in [0.2, 0.25) is 5.91 Å². The lowest BCUT2D eigenvalue weighted by atomic mass is 10.1. The zero-order valence-corrected chi connectivity index (χ0v) is 17.3. The van der Waals surface area contributed by atoms with Gasteiger partial charge < -0.3 is 10.1 Å². The van der Waals surface area contributed by atoms with Crippen molar-refractivity contribution in [2.24, 2.45) is 4.99 Å². The standard InChI is InChI=1S/C21H25N3O4S/c1-15(7-8-16-9-11-17(28-2)12-10-16)23-20(25)13-14-22-21-18-5-3-4-6-19(18)29(26,27)24-21/h3-6,9-12,15H,7-8,13-14H2,1-2H3,(H,22,24)(H,23,25).